The summed E-state index contributed by atoms with van der Waals surface area (Å²) in [7, 11) is 0. The Kier molecular flexibility index (Phi) is 4.07. The standard InChI is InChI=1S/C11H16Cl2O2/c1-4-5-15-10(14)9-7(6-8(12)13)11(9,2)3/h6-7,9H,4-5H2,1-3H3/t7-,9+/m1/s1. The molecule has 15 heavy (non-hydrogen) atoms. The number of ether oxygens (including phenoxy) is 1. The van der Waals surface area contributed by atoms with Crippen molar-refractivity contribution in [3.8, 4) is 0 Å². The van der Waals surface area contributed by atoms with Crippen LogP contribution in [0.15, 0.2) is 10.6 Å². The molecule has 1 fully saturated rings. The summed E-state index contributed by atoms with van der Waals surface area (Å²) < 4.78 is 5.33. The fraction of sp³-hybridized carbons (Fsp3) is 0.727. The summed E-state index contributed by atoms with van der Waals surface area (Å²) in [5.41, 5.74) is -0.0835. The van der Waals surface area contributed by atoms with Crippen LogP contribution in [0.2, 0.25) is 0 Å². The van der Waals surface area contributed by atoms with Crippen molar-refractivity contribution in [3.63, 3.8) is 0 Å². The molecule has 0 radical (unpaired) electrons. The molecule has 86 valence electrons. The zero-order chi connectivity index (χ0) is 11.6. The molecule has 0 amide bonds. The van der Waals surface area contributed by atoms with E-state index >= 15 is 0 Å². The van der Waals surface area contributed by atoms with Gasteiger partial charge in [0.2, 0.25) is 0 Å². The van der Waals surface area contributed by atoms with Gasteiger partial charge in [-0.3, -0.25) is 4.79 Å². The number of hydrogen-bond donors (Lipinski definition) is 0. The van der Waals surface area contributed by atoms with Gasteiger partial charge < -0.3 is 4.74 Å². The molecule has 1 saturated carbocycles. The summed E-state index contributed by atoms with van der Waals surface area (Å²) >= 11 is 11.2. The van der Waals surface area contributed by atoms with Crippen molar-refractivity contribution in [2.75, 3.05) is 6.61 Å². The van der Waals surface area contributed by atoms with Gasteiger partial charge in [0.15, 0.2) is 0 Å². The molecule has 0 saturated heterocycles. The van der Waals surface area contributed by atoms with E-state index in [2.05, 4.69) is 0 Å². The van der Waals surface area contributed by atoms with E-state index in [0.717, 1.165) is 6.42 Å². The molecule has 1 aliphatic rings. The van der Waals surface area contributed by atoms with Gasteiger partial charge in [0.25, 0.3) is 0 Å². The van der Waals surface area contributed by atoms with Crippen LogP contribution in [0.3, 0.4) is 0 Å². The van der Waals surface area contributed by atoms with Crippen molar-refractivity contribution in [2.45, 2.75) is 27.2 Å². The normalized spacial score (nSPS) is 27.0. The van der Waals surface area contributed by atoms with Crippen molar-refractivity contribution in [1.82, 2.24) is 0 Å². The maximum atomic E-state index is 11.6. The van der Waals surface area contributed by atoms with Crippen molar-refractivity contribution in [2.24, 2.45) is 17.3 Å². The summed E-state index contributed by atoms with van der Waals surface area (Å²) in [6.45, 7) is 6.49. The average Bonchev–Trinajstić information content (AvgIpc) is 2.63. The molecular formula is C11H16Cl2O2. The fourth-order valence-corrected chi connectivity index (χ4v) is 2.14. The second kappa shape index (κ2) is 4.75. The monoisotopic (exact) mass is 250 g/mol. The van der Waals surface area contributed by atoms with Crippen LogP contribution in [0.25, 0.3) is 0 Å². The fourth-order valence-electron chi connectivity index (χ4n) is 1.87. The quantitative estimate of drug-likeness (QED) is 0.714. The molecule has 1 rings (SSSR count). The van der Waals surface area contributed by atoms with E-state index in [0.29, 0.717) is 6.61 Å². The van der Waals surface area contributed by atoms with Gasteiger partial charge >= 0.3 is 5.97 Å². The summed E-state index contributed by atoms with van der Waals surface area (Å²) in [5, 5.41) is 0. The molecular weight excluding hydrogens is 235 g/mol. The molecule has 0 bridgehead atoms. The lowest BCUT2D eigenvalue weighted by Gasteiger charge is -2.03. The second-order valence-electron chi connectivity index (χ2n) is 4.45. The SMILES string of the molecule is CCCOC(=O)[C@@H]1[C@@H](C=C(Cl)Cl)C1(C)C. The first-order chi connectivity index (χ1) is 6.91. The Morgan fingerprint density at radius 2 is 2.07 bits per heavy atom. The molecule has 4 heteroatoms. The van der Waals surface area contributed by atoms with E-state index in [-0.39, 0.29) is 27.7 Å². The van der Waals surface area contributed by atoms with Crippen LogP contribution in [0, 0.1) is 17.3 Å². The van der Waals surface area contributed by atoms with Crippen LogP contribution in [0.4, 0.5) is 0 Å². The Morgan fingerprint density at radius 3 is 2.53 bits per heavy atom. The minimum absolute atomic E-state index is 0.0835. The van der Waals surface area contributed by atoms with E-state index in [1.54, 1.807) is 6.08 Å². The first kappa shape index (κ1) is 12.9. The molecule has 0 N–H and O–H groups in total. The molecule has 0 heterocycles. The third-order valence-electron chi connectivity index (χ3n) is 2.92. The van der Waals surface area contributed by atoms with Crippen molar-refractivity contribution in [3.05, 3.63) is 10.6 Å². The third-order valence-corrected chi connectivity index (χ3v) is 3.17. The summed E-state index contributed by atoms with van der Waals surface area (Å²) in [5.74, 6) is -0.138. The van der Waals surface area contributed by atoms with Crippen molar-refractivity contribution >= 4 is 29.2 Å². The highest BCUT2D eigenvalue weighted by Crippen LogP contribution is 2.60. The highest BCUT2D eigenvalue weighted by atomic mass is 35.5. The number of esters is 1. The topological polar surface area (TPSA) is 26.3 Å². The predicted molar refractivity (Wildman–Crippen MR) is 61.8 cm³/mol. The van der Waals surface area contributed by atoms with Gasteiger partial charge in [0.05, 0.1) is 12.5 Å². The summed E-state index contributed by atoms with van der Waals surface area (Å²) in [4.78, 5) is 11.6. The molecule has 0 aliphatic heterocycles. The van der Waals surface area contributed by atoms with Crippen LogP contribution >= 0.6 is 23.2 Å². The Bertz CT molecular complexity index is 280. The van der Waals surface area contributed by atoms with Gasteiger partial charge in [0, 0.05) is 0 Å². The Morgan fingerprint density at radius 1 is 1.47 bits per heavy atom. The highest BCUT2D eigenvalue weighted by Gasteiger charge is 2.61. The van der Waals surface area contributed by atoms with Gasteiger partial charge in [-0.2, -0.15) is 0 Å². The van der Waals surface area contributed by atoms with Crippen LogP contribution in [0.5, 0.6) is 0 Å². The van der Waals surface area contributed by atoms with Crippen LogP contribution in [-0.4, -0.2) is 12.6 Å². The summed E-state index contributed by atoms with van der Waals surface area (Å²) in [6.07, 6.45) is 2.57. The Labute approximate surface area is 101 Å². The van der Waals surface area contributed by atoms with E-state index in [9.17, 15) is 4.79 Å². The maximum Gasteiger partial charge on any atom is 0.310 e. The number of allylic oxidation sites excluding steroid dienone is 1. The van der Waals surface area contributed by atoms with Crippen LogP contribution in [-0.2, 0) is 9.53 Å². The molecule has 1 aliphatic carbocycles. The molecule has 0 unspecified atom stereocenters. The Hall–Kier alpha value is -0.210. The predicted octanol–water partition coefficient (Wildman–Crippen LogP) is 3.53. The molecule has 2 nitrogen and oxygen atoms in total. The van der Waals surface area contributed by atoms with Gasteiger partial charge in [-0.1, -0.05) is 44.0 Å². The molecule has 2 atom stereocenters. The number of halogens is 2. The van der Waals surface area contributed by atoms with Crippen LogP contribution < -0.4 is 0 Å². The first-order valence-corrected chi connectivity index (χ1v) is 5.86. The number of carbonyl (C=O) groups excluding carboxylic acids is 1. The highest BCUT2D eigenvalue weighted by molar-refractivity contribution is 6.55. The minimum Gasteiger partial charge on any atom is -0.465 e. The Balaban J connectivity index is 2.58. The van der Waals surface area contributed by atoms with E-state index in [1.165, 1.54) is 0 Å². The average molecular weight is 251 g/mol. The third kappa shape index (κ3) is 2.88. The smallest absolute Gasteiger partial charge is 0.310 e. The van der Waals surface area contributed by atoms with Crippen LogP contribution in [0.1, 0.15) is 27.2 Å². The molecule has 0 spiro atoms. The van der Waals surface area contributed by atoms with E-state index in [1.807, 2.05) is 20.8 Å². The molecule has 0 aromatic rings. The lowest BCUT2D eigenvalue weighted by atomic mass is 10.1. The number of rotatable bonds is 4. The maximum absolute atomic E-state index is 11.6. The van der Waals surface area contributed by atoms with Gasteiger partial charge in [-0.25, -0.2) is 0 Å². The second-order valence-corrected chi connectivity index (χ2v) is 5.46. The molecule has 0 aromatic heterocycles. The first-order valence-electron chi connectivity index (χ1n) is 5.10. The van der Waals surface area contributed by atoms with E-state index in [4.69, 9.17) is 27.9 Å². The van der Waals surface area contributed by atoms with Crippen molar-refractivity contribution in [1.29, 1.82) is 0 Å². The number of carbonyl (C=O) groups is 1. The zero-order valence-corrected chi connectivity index (χ0v) is 10.7. The van der Waals surface area contributed by atoms with Crippen molar-refractivity contribution < 1.29 is 9.53 Å². The summed E-state index contributed by atoms with van der Waals surface area (Å²) in [6, 6.07) is 0. The zero-order valence-electron chi connectivity index (χ0n) is 9.22. The lowest BCUT2D eigenvalue weighted by Crippen LogP contribution is -2.11. The van der Waals surface area contributed by atoms with Gasteiger partial charge in [0.1, 0.15) is 4.49 Å². The molecule has 0 aromatic carbocycles. The van der Waals surface area contributed by atoms with Gasteiger partial charge in [-0.15, -0.1) is 0 Å². The lowest BCUT2D eigenvalue weighted by molar-refractivity contribution is -0.146. The van der Waals surface area contributed by atoms with E-state index < -0.39 is 0 Å². The number of hydrogen-bond acceptors (Lipinski definition) is 2. The largest absolute Gasteiger partial charge is 0.465 e. The minimum atomic E-state index is -0.141. The van der Waals surface area contributed by atoms with Gasteiger partial charge in [-0.05, 0) is 23.8 Å².